The molecule has 0 bridgehead atoms. The summed E-state index contributed by atoms with van der Waals surface area (Å²) in [6.07, 6.45) is 4.53. The lowest BCUT2D eigenvalue weighted by atomic mass is 10.1. The number of anilines is 1. The van der Waals surface area contributed by atoms with Gasteiger partial charge in [0.2, 0.25) is 11.6 Å². The van der Waals surface area contributed by atoms with Crippen LogP contribution in [0.3, 0.4) is 0 Å². The molecule has 0 aliphatic carbocycles. The van der Waals surface area contributed by atoms with Crippen LogP contribution in [0.1, 0.15) is 16.7 Å². The number of benzene rings is 2. The Morgan fingerprint density at radius 2 is 1.67 bits per heavy atom. The first-order valence-electron chi connectivity index (χ1n) is 10.7. The lowest BCUT2D eigenvalue weighted by Crippen LogP contribution is -2.13. The van der Waals surface area contributed by atoms with Gasteiger partial charge in [0.15, 0.2) is 28.3 Å². The van der Waals surface area contributed by atoms with E-state index >= 15 is 0 Å². The van der Waals surface area contributed by atoms with E-state index in [2.05, 4.69) is 24.7 Å². The molecule has 1 N–H and O–H groups in total. The normalized spacial score (nSPS) is 11.4. The lowest BCUT2D eigenvalue weighted by Gasteiger charge is -2.15. The molecule has 0 radical (unpaired) electrons. The van der Waals surface area contributed by atoms with E-state index in [1.54, 1.807) is 30.3 Å². The van der Waals surface area contributed by atoms with Crippen LogP contribution in [0.25, 0.3) is 17.7 Å². The molecule has 0 fully saturated rings. The average molecular weight is 524 g/mol. The third-order valence-electron chi connectivity index (χ3n) is 4.97. The number of ether oxygens (including phenoxy) is 2. The average Bonchev–Trinajstić information content (AvgIpc) is 2.87. The van der Waals surface area contributed by atoms with Gasteiger partial charge < -0.3 is 9.47 Å². The summed E-state index contributed by atoms with van der Waals surface area (Å²) in [5.74, 6) is 0.589. The molecular formula is C25H22ClN5O4S. The summed E-state index contributed by atoms with van der Waals surface area (Å²) in [6.45, 7) is 3.83. The summed E-state index contributed by atoms with van der Waals surface area (Å²) in [4.78, 5) is 16.8. The van der Waals surface area contributed by atoms with Crippen LogP contribution in [0.5, 0.6) is 17.2 Å². The number of nitrogens with zero attached hydrogens (tertiary/aromatic N) is 4. The molecule has 184 valence electrons. The SMILES string of the molecule is COc1ccccc1Oc1c(Cl)nc(-c2ncccn2)nc1NS(=O)(=O)/C=C/c1cc(C)ccc1C. The van der Waals surface area contributed by atoms with Gasteiger partial charge in [0.25, 0.3) is 10.0 Å². The standard InChI is InChI=1S/C25H22ClN5O4S/c1-16-9-10-17(2)18(15-16)11-14-36(32,33)31-23-21(35-20-8-5-4-7-19(20)34-3)22(26)29-25(30-23)24-27-12-6-13-28-24/h4-15H,1-3H3,(H,29,30,31)/b14-11+. The second kappa shape index (κ2) is 10.7. The van der Waals surface area contributed by atoms with Gasteiger partial charge in [-0.2, -0.15) is 0 Å². The molecule has 11 heteroatoms. The summed E-state index contributed by atoms with van der Waals surface area (Å²) in [5.41, 5.74) is 2.71. The molecular weight excluding hydrogens is 502 g/mol. The number of halogens is 1. The van der Waals surface area contributed by atoms with E-state index in [-0.39, 0.29) is 28.4 Å². The van der Waals surface area contributed by atoms with Crippen LogP contribution in [0.15, 0.2) is 66.3 Å². The van der Waals surface area contributed by atoms with Crippen LogP contribution >= 0.6 is 11.6 Å². The predicted octanol–water partition coefficient (Wildman–Crippen LogP) is 5.42. The zero-order valence-corrected chi connectivity index (χ0v) is 21.2. The number of methoxy groups -OCH3 is 1. The predicted molar refractivity (Wildman–Crippen MR) is 139 cm³/mol. The van der Waals surface area contributed by atoms with Gasteiger partial charge in [-0.1, -0.05) is 47.5 Å². The van der Waals surface area contributed by atoms with Gasteiger partial charge in [-0.25, -0.2) is 28.4 Å². The van der Waals surface area contributed by atoms with Crippen LogP contribution in [0.2, 0.25) is 5.15 Å². The van der Waals surface area contributed by atoms with Crippen molar-refractivity contribution in [2.24, 2.45) is 0 Å². The van der Waals surface area contributed by atoms with Crippen molar-refractivity contribution >= 4 is 33.5 Å². The topological polar surface area (TPSA) is 116 Å². The quantitative estimate of drug-likeness (QED) is 0.304. The van der Waals surface area contributed by atoms with Crippen molar-refractivity contribution in [2.45, 2.75) is 13.8 Å². The number of rotatable bonds is 8. The first-order chi connectivity index (χ1) is 17.3. The van der Waals surface area contributed by atoms with E-state index in [4.69, 9.17) is 21.1 Å². The van der Waals surface area contributed by atoms with Gasteiger partial charge in [-0.15, -0.1) is 0 Å². The molecule has 36 heavy (non-hydrogen) atoms. The molecule has 4 aromatic rings. The fraction of sp³-hybridized carbons (Fsp3) is 0.120. The monoisotopic (exact) mass is 523 g/mol. The molecule has 0 aliphatic heterocycles. The van der Waals surface area contributed by atoms with Crippen molar-refractivity contribution in [3.8, 4) is 28.9 Å². The number of aromatic nitrogens is 4. The van der Waals surface area contributed by atoms with E-state index in [0.717, 1.165) is 22.1 Å². The maximum atomic E-state index is 13.0. The minimum Gasteiger partial charge on any atom is -0.493 e. The highest BCUT2D eigenvalue weighted by molar-refractivity contribution is 7.95. The Bertz CT molecular complexity index is 1530. The largest absolute Gasteiger partial charge is 0.493 e. The van der Waals surface area contributed by atoms with Crippen LogP contribution in [-0.4, -0.2) is 35.5 Å². The zero-order valence-electron chi connectivity index (χ0n) is 19.6. The summed E-state index contributed by atoms with van der Waals surface area (Å²) in [6, 6.07) is 14.2. The maximum Gasteiger partial charge on any atom is 0.256 e. The Kier molecular flexibility index (Phi) is 7.47. The lowest BCUT2D eigenvalue weighted by molar-refractivity contribution is 0.378. The Morgan fingerprint density at radius 1 is 0.944 bits per heavy atom. The first kappa shape index (κ1) is 25.1. The second-order valence-corrected chi connectivity index (χ2v) is 9.58. The van der Waals surface area contributed by atoms with Crippen molar-refractivity contribution in [3.63, 3.8) is 0 Å². The second-order valence-electron chi connectivity index (χ2n) is 7.65. The van der Waals surface area contributed by atoms with Crippen molar-refractivity contribution < 1.29 is 17.9 Å². The minimum atomic E-state index is -4.04. The number of hydrogen-bond donors (Lipinski definition) is 1. The summed E-state index contributed by atoms with van der Waals surface area (Å²) in [5, 5.41) is 0.908. The first-order valence-corrected chi connectivity index (χ1v) is 12.6. The Morgan fingerprint density at radius 3 is 2.39 bits per heavy atom. The van der Waals surface area contributed by atoms with E-state index in [0.29, 0.717) is 11.5 Å². The highest BCUT2D eigenvalue weighted by Crippen LogP contribution is 2.39. The smallest absolute Gasteiger partial charge is 0.256 e. The van der Waals surface area contributed by atoms with Crippen LogP contribution in [0.4, 0.5) is 5.82 Å². The molecule has 4 rings (SSSR count). The van der Waals surface area contributed by atoms with Gasteiger partial charge in [0, 0.05) is 12.4 Å². The summed E-state index contributed by atoms with van der Waals surface area (Å²) >= 11 is 6.44. The van der Waals surface area contributed by atoms with Gasteiger partial charge in [0.1, 0.15) is 0 Å². The Hall–Kier alpha value is -4.02. The van der Waals surface area contributed by atoms with Crippen LogP contribution in [-0.2, 0) is 10.0 Å². The molecule has 0 amide bonds. The number of hydrogen-bond acceptors (Lipinski definition) is 8. The number of nitrogens with one attached hydrogen (secondary N) is 1. The molecule has 0 saturated heterocycles. The fourth-order valence-electron chi connectivity index (χ4n) is 3.18. The highest BCUT2D eigenvalue weighted by Gasteiger charge is 2.22. The van der Waals surface area contributed by atoms with Gasteiger partial charge in [-0.05, 0) is 49.2 Å². The van der Waals surface area contributed by atoms with Crippen molar-refractivity contribution in [2.75, 3.05) is 11.8 Å². The van der Waals surface area contributed by atoms with Crippen LogP contribution in [0, 0.1) is 13.8 Å². The molecule has 0 saturated carbocycles. The van der Waals surface area contributed by atoms with E-state index in [1.807, 2.05) is 32.0 Å². The number of aryl methyl sites for hydroxylation is 2. The summed E-state index contributed by atoms with van der Waals surface area (Å²) < 4.78 is 39.8. The molecule has 2 heterocycles. The minimum absolute atomic E-state index is 0.0178. The number of para-hydroxylation sites is 2. The van der Waals surface area contributed by atoms with Crippen molar-refractivity contribution in [1.29, 1.82) is 0 Å². The molecule has 0 atom stereocenters. The molecule has 2 aromatic heterocycles. The van der Waals surface area contributed by atoms with Gasteiger partial charge >= 0.3 is 0 Å². The third kappa shape index (κ3) is 5.96. The van der Waals surface area contributed by atoms with Crippen LogP contribution < -0.4 is 14.2 Å². The molecule has 0 aliphatic rings. The van der Waals surface area contributed by atoms with Gasteiger partial charge in [0.05, 0.1) is 12.5 Å². The van der Waals surface area contributed by atoms with E-state index in [1.165, 1.54) is 25.6 Å². The molecule has 0 unspecified atom stereocenters. The third-order valence-corrected chi connectivity index (χ3v) is 6.20. The Balaban J connectivity index is 1.76. The molecule has 2 aromatic carbocycles. The Labute approximate surface area is 213 Å². The van der Waals surface area contributed by atoms with Gasteiger partial charge in [-0.3, -0.25) is 4.72 Å². The summed E-state index contributed by atoms with van der Waals surface area (Å²) in [7, 11) is -2.56. The molecule has 9 nitrogen and oxygen atoms in total. The van der Waals surface area contributed by atoms with Crippen molar-refractivity contribution in [3.05, 3.63) is 88.2 Å². The number of sulfonamides is 1. The van der Waals surface area contributed by atoms with E-state index < -0.39 is 10.0 Å². The van der Waals surface area contributed by atoms with Crippen molar-refractivity contribution in [1.82, 2.24) is 19.9 Å². The highest BCUT2D eigenvalue weighted by atomic mass is 35.5. The van der Waals surface area contributed by atoms with E-state index in [9.17, 15) is 8.42 Å². The maximum absolute atomic E-state index is 13.0. The molecule has 0 spiro atoms. The zero-order chi connectivity index (χ0) is 25.7. The fourth-order valence-corrected chi connectivity index (χ4v) is 4.19.